The van der Waals surface area contributed by atoms with Crippen molar-refractivity contribution in [2.75, 3.05) is 0 Å². The summed E-state index contributed by atoms with van der Waals surface area (Å²) in [4.78, 5) is 29.2. The number of esters is 2. The number of benzene rings is 2. The van der Waals surface area contributed by atoms with Crippen LogP contribution in [0.5, 0.6) is 11.5 Å². The summed E-state index contributed by atoms with van der Waals surface area (Å²) in [5.41, 5.74) is 3.47. The van der Waals surface area contributed by atoms with Crippen LogP contribution in [0.25, 0.3) is 0 Å². The first-order valence-electron chi connectivity index (χ1n) is 9.77. The Morgan fingerprint density at radius 3 is 2.19 bits per heavy atom. The van der Waals surface area contributed by atoms with Gasteiger partial charge in [-0.2, -0.15) is 0 Å². The van der Waals surface area contributed by atoms with Gasteiger partial charge in [0.1, 0.15) is 11.5 Å². The van der Waals surface area contributed by atoms with Crippen LogP contribution >= 0.6 is 0 Å². The summed E-state index contributed by atoms with van der Waals surface area (Å²) < 4.78 is 21.0. The maximum absolute atomic E-state index is 12.4. The van der Waals surface area contributed by atoms with Crippen LogP contribution < -0.4 is 9.47 Å². The third-order valence-corrected chi connectivity index (χ3v) is 4.76. The SMILES string of the molecule is Cc1cccc(N=Cc2ccc(OC(=O)c3ccco3)cc2OC(=O)c2ccco2)c1C. The molecule has 4 rings (SSSR count). The second kappa shape index (κ2) is 9.18. The van der Waals surface area contributed by atoms with Gasteiger partial charge < -0.3 is 18.3 Å². The van der Waals surface area contributed by atoms with Crippen molar-refractivity contribution in [2.45, 2.75) is 13.8 Å². The van der Waals surface area contributed by atoms with Gasteiger partial charge >= 0.3 is 11.9 Å². The van der Waals surface area contributed by atoms with E-state index in [1.54, 1.807) is 30.5 Å². The lowest BCUT2D eigenvalue weighted by Crippen LogP contribution is -2.10. The van der Waals surface area contributed by atoms with Crippen LogP contribution in [0.2, 0.25) is 0 Å². The van der Waals surface area contributed by atoms with E-state index in [0.29, 0.717) is 5.56 Å². The molecule has 0 N–H and O–H groups in total. The molecule has 0 fully saturated rings. The fourth-order valence-corrected chi connectivity index (χ4v) is 2.88. The largest absolute Gasteiger partial charge is 0.457 e. The number of hydrogen-bond donors (Lipinski definition) is 0. The summed E-state index contributed by atoms with van der Waals surface area (Å²) in [5, 5.41) is 0. The fraction of sp³-hybridized carbons (Fsp3) is 0.0800. The highest BCUT2D eigenvalue weighted by molar-refractivity contribution is 5.92. The topological polar surface area (TPSA) is 91.2 Å². The molecule has 7 nitrogen and oxygen atoms in total. The number of rotatable bonds is 6. The molecular formula is C25H19NO6. The van der Waals surface area contributed by atoms with Crippen molar-refractivity contribution < 1.29 is 27.9 Å². The van der Waals surface area contributed by atoms with Gasteiger partial charge in [0.25, 0.3) is 0 Å². The quantitative estimate of drug-likeness (QED) is 0.222. The smallest absolute Gasteiger partial charge is 0.379 e. The van der Waals surface area contributed by atoms with Gasteiger partial charge in [0.05, 0.1) is 18.2 Å². The molecule has 0 saturated heterocycles. The van der Waals surface area contributed by atoms with Crippen LogP contribution in [-0.4, -0.2) is 18.2 Å². The standard InChI is InChI=1S/C25H19NO6/c1-16-6-3-7-20(17(16)2)26-15-18-10-11-19(31-24(27)21-8-4-12-29-21)14-23(18)32-25(28)22-9-5-13-30-22/h3-15H,1-2H3. The van der Waals surface area contributed by atoms with Gasteiger partial charge in [-0.3, -0.25) is 4.99 Å². The molecule has 2 heterocycles. The van der Waals surface area contributed by atoms with E-state index >= 15 is 0 Å². The maximum Gasteiger partial charge on any atom is 0.379 e. The summed E-state index contributed by atoms with van der Waals surface area (Å²) >= 11 is 0. The van der Waals surface area contributed by atoms with Crippen molar-refractivity contribution in [1.82, 2.24) is 0 Å². The molecule has 0 atom stereocenters. The van der Waals surface area contributed by atoms with Crippen molar-refractivity contribution in [3.05, 3.63) is 101 Å². The van der Waals surface area contributed by atoms with Crippen molar-refractivity contribution in [2.24, 2.45) is 4.99 Å². The zero-order valence-electron chi connectivity index (χ0n) is 17.4. The lowest BCUT2D eigenvalue weighted by Gasteiger charge is -2.09. The Morgan fingerprint density at radius 2 is 1.53 bits per heavy atom. The molecule has 160 valence electrons. The summed E-state index contributed by atoms with van der Waals surface area (Å²) in [6, 6.07) is 16.6. The summed E-state index contributed by atoms with van der Waals surface area (Å²) in [5.74, 6) is -0.927. The molecule has 0 aliphatic rings. The molecule has 0 unspecified atom stereocenters. The van der Waals surface area contributed by atoms with E-state index in [9.17, 15) is 9.59 Å². The minimum Gasteiger partial charge on any atom is -0.457 e. The molecule has 7 heteroatoms. The second-order valence-electron chi connectivity index (χ2n) is 6.91. The molecular weight excluding hydrogens is 410 g/mol. The predicted octanol–water partition coefficient (Wildman–Crippen LogP) is 5.68. The highest BCUT2D eigenvalue weighted by Crippen LogP contribution is 2.27. The van der Waals surface area contributed by atoms with Gasteiger partial charge in [0, 0.05) is 17.8 Å². The Bertz CT molecular complexity index is 1270. The first kappa shape index (κ1) is 20.9. The first-order chi connectivity index (χ1) is 15.5. The molecule has 0 bridgehead atoms. The molecule has 0 spiro atoms. The van der Waals surface area contributed by atoms with Crippen LogP contribution in [0.3, 0.4) is 0 Å². The molecule has 32 heavy (non-hydrogen) atoms. The summed E-state index contributed by atoms with van der Waals surface area (Å²) in [7, 11) is 0. The number of nitrogens with zero attached hydrogens (tertiary/aromatic N) is 1. The van der Waals surface area contributed by atoms with Gasteiger partial charge in [-0.1, -0.05) is 12.1 Å². The van der Waals surface area contributed by atoms with Crippen LogP contribution in [0.1, 0.15) is 37.8 Å². The van der Waals surface area contributed by atoms with E-state index in [-0.39, 0.29) is 23.0 Å². The van der Waals surface area contributed by atoms with Crippen molar-refractivity contribution >= 4 is 23.8 Å². The number of hydrogen-bond acceptors (Lipinski definition) is 7. The molecule has 4 aromatic rings. The van der Waals surface area contributed by atoms with E-state index in [1.165, 1.54) is 30.7 Å². The predicted molar refractivity (Wildman–Crippen MR) is 117 cm³/mol. The number of ether oxygens (including phenoxy) is 2. The van der Waals surface area contributed by atoms with Gasteiger partial charge in [-0.05, 0) is 67.4 Å². The zero-order chi connectivity index (χ0) is 22.5. The fourth-order valence-electron chi connectivity index (χ4n) is 2.88. The van der Waals surface area contributed by atoms with E-state index in [1.807, 2.05) is 32.0 Å². The van der Waals surface area contributed by atoms with Crippen LogP contribution in [0, 0.1) is 13.8 Å². The molecule has 0 aliphatic heterocycles. The van der Waals surface area contributed by atoms with Gasteiger partial charge in [0.2, 0.25) is 11.5 Å². The minimum atomic E-state index is -0.689. The van der Waals surface area contributed by atoms with Crippen LogP contribution in [0.4, 0.5) is 5.69 Å². The Kier molecular flexibility index (Phi) is 5.98. The first-order valence-corrected chi connectivity index (χ1v) is 9.77. The Morgan fingerprint density at radius 1 is 0.844 bits per heavy atom. The lowest BCUT2D eigenvalue weighted by molar-refractivity contribution is 0.0698. The summed E-state index contributed by atoms with van der Waals surface area (Å²) in [6.07, 6.45) is 4.34. The minimum absolute atomic E-state index is 0.0420. The van der Waals surface area contributed by atoms with E-state index in [2.05, 4.69) is 4.99 Å². The Balaban J connectivity index is 1.64. The average Bonchev–Trinajstić information content (AvgIpc) is 3.50. The van der Waals surface area contributed by atoms with E-state index in [0.717, 1.165) is 16.8 Å². The Labute approximate surface area is 183 Å². The molecule has 0 radical (unpaired) electrons. The van der Waals surface area contributed by atoms with E-state index < -0.39 is 11.9 Å². The Hall–Kier alpha value is -4.39. The zero-order valence-corrected chi connectivity index (χ0v) is 17.4. The van der Waals surface area contributed by atoms with Crippen LogP contribution in [-0.2, 0) is 0 Å². The number of carbonyl (C=O) groups excluding carboxylic acids is 2. The highest BCUT2D eigenvalue weighted by Gasteiger charge is 2.17. The molecule has 2 aromatic heterocycles. The monoisotopic (exact) mass is 429 g/mol. The highest BCUT2D eigenvalue weighted by atomic mass is 16.6. The number of furan rings is 2. The van der Waals surface area contributed by atoms with Gasteiger partial charge in [0.15, 0.2) is 0 Å². The van der Waals surface area contributed by atoms with Crippen molar-refractivity contribution in [3.63, 3.8) is 0 Å². The van der Waals surface area contributed by atoms with Crippen molar-refractivity contribution in [3.8, 4) is 11.5 Å². The van der Waals surface area contributed by atoms with Gasteiger partial charge in [-0.25, -0.2) is 9.59 Å². The lowest BCUT2D eigenvalue weighted by atomic mass is 10.1. The number of carbonyl (C=O) groups is 2. The summed E-state index contributed by atoms with van der Waals surface area (Å²) in [6.45, 7) is 3.99. The molecule has 0 saturated carbocycles. The van der Waals surface area contributed by atoms with Crippen LogP contribution in [0.15, 0.2) is 87.0 Å². The molecule has 0 aliphatic carbocycles. The number of aryl methyl sites for hydroxylation is 1. The average molecular weight is 429 g/mol. The van der Waals surface area contributed by atoms with E-state index in [4.69, 9.17) is 18.3 Å². The molecule has 0 amide bonds. The second-order valence-corrected chi connectivity index (χ2v) is 6.91. The van der Waals surface area contributed by atoms with Crippen molar-refractivity contribution in [1.29, 1.82) is 0 Å². The van der Waals surface area contributed by atoms with Gasteiger partial charge in [-0.15, -0.1) is 0 Å². The molecule has 2 aromatic carbocycles. The third-order valence-electron chi connectivity index (χ3n) is 4.76. The number of aliphatic imine (C=N–C) groups is 1. The maximum atomic E-state index is 12.4. The third kappa shape index (κ3) is 4.67. The normalized spacial score (nSPS) is 10.9.